The van der Waals surface area contributed by atoms with Gasteiger partial charge < -0.3 is 14.3 Å². The van der Waals surface area contributed by atoms with E-state index in [0.29, 0.717) is 28.4 Å². The standard InChI is InChI=1S/C22H18ClN3O3/c1-14(13-17-5-4-12-28-17)24-21(27)18-6-2-3-7-19(18)22-25-20(26-29-22)15-8-10-16(23)11-9-15/h2-12,14H,13H2,1H3,(H,24,27). The van der Waals surface area contributed by atoms with Gasteiger partial charge in [-0.1, -0.05) is 28.9 Å². The molecule has 4 aromatic rings. The number of rotatable bonds is 6. The van der Waals surface area contributed by atoms with Gasteiger partial charge >= 0.3 is 0 Å². The Hall–Kier alpha value is -3.38. The predicted octanol–water partition coefficient (Wildman–Crippen LogP) is 5.01. The Labute approximate surface area is 172 Å². The van der Waals surface area contributed by atoms with Crippen LogP contribution in [0.5, 0.6) is 0 Å². The van der Waals surface area contributed by atoms with Gasteiger partial charge in [-0.25, -0.2) is 0 Å². The quantitative estimate of drug-likeness (QED) is 0.485. The van der Waals surface area contributed by atoms with E-state index in [1.807, 2.05) is 37.3 Å². The molecule has 2 heterocycles. The van der Waals surface area contributed by atoms with Crippen molar-refractivity contribution >= 4 is 17.5 Å². The van der Waals surface area contributed by atoms with Crippen molar-refractivity contribution < 1.29 is 13.7 Å². The van der Waals surface area contributed by atoms with Crippen molar-refractivity contribution in [3.63, 3.8) is 0 Å². The van der Waals surface area contributed by atoms with Crippen LogP contribution in [0.1, 0.15) is 23.0 Å². The van der Waals surface area contributed by atoms with Crippen LogP contribution in [0.3, 0.4) is 0 Å². The van der Waals surface area contributed by atoms with Gasteiger partial charge in [-0.15, -0.1) is 0 Å². The van der Waals surface area contributed by atoms with Crippen molar-refractivity contribution in [2.45, 2.75) is 19.4 Å². The Morgan fingerprint density at radius 2 is 1.90 bits per heavy atom. The molecule has 0 radical (unpaired) electrons. The molecule has 1 atom stereocenters. The van der Waals surface area contributed by atoms with E-state index in [0.717, 1.165) is 11.3 Å². The lowest BCUT2D eigenvalue weighted by Crippen LogP contribution is -2.34. The number of furan rings is 1. The summed E-state index contributed by atoms with van der Waals surface area (Å²) >= 11 is 5.93. The second kappa shape index (κ2) is 8.32. The SMILES string of the molecule is CC(Cc1ccco1)NC(=O)c1ccccc1-c1nc(-c2ccc(Cl)cc2)no1. The lowest BCUT2D eigenvalue weighted by molar-refractivity contribution is 0.0939. The first-order valence-corrected chi connectivity index (χ1v) is 9.50. The molecule has 0 saturated heterocycles. The fourth-order valence-electron chi connectivity index (χ4n) is 3.00. The van der Waals surface area contributed by atoms with E-state index in [-0.39, 0.29) is 17.8 Å². The molecule has 0 aliphatic heterocycles. The molecule has 0 fully saturated rings. The first-order valence-electron chi connectivity index (χ1n) is 9.12. The normalized spacial score (nSPS) is 11.9. The van der Waals surface area contributed by atoms with Crippen LogP contribution in [0.15, 0.2) is 75.9 Å². The van der Waals surface area contributed by atoms with Gasteiger partial charge in [0.25, 0.3) is 11.8 Å². The number of carbonyl (C=O) groups is 1. The molecule has 1 amide bonds. The van der Waals surface area contributed by atoms with Crippen LogP contribution in [-0.2, 0) is 6.42 Å². The Kier molecular flexibility index (Phi) is 5.44. The highest BCUT2D eigenvalue weighted by Gasteiger charge is 2.19. The third-order valence-corrected chi connectivity index (χ3v) is 4.65. The summed E-state index contributed by atoms with van der Waals surface area (Å²) in [6.45, 7) is 1.92. The fraction of sp³-hybridized carbons (Fsp3) is 0.136. The third kappa shape index (κ3) is 4.38. The number of nitrogens with zero attached hydrogens (tertiary/aromatic N) is 2. The van der Waals surface area contributed by atoms with Crippen LogP contribution in [0.25, 0.3) is 22.8 Å². The molecular formula is C22H18ClN3O3. The maximum absolute atomic E-state index is 12.8. The monoisotopic (exact) mass is 407 g/mol. The van der Waals surface area contributed by atoms with Crippen LogP contribution in [0.4, 0.5) is 0 Å². The van der Waals surface area contributed by atoms with Gasteiger partial charge in [0.15, 0.2) is 0 Å². The van der Waals surface area contributed by atoms with E-state index in [1.165, 1.54) is 0 Å². The molecule has 0 saturated carbocycles. The molecule has 6 nitrogen and oxygen atoms in total. The number of amides is 1. The summed E-state index contributed by atoms with van der Waals surface area (Å²) in [4.78, 5) is 17.3. The molecule has 146 valence electrons. The summed E-state index contributed by atoms with van der Waals surface area (Å²) in [5.74, 6) is 1.30. The maximum Gasteiger partial charge on any atom is 0.259 e. The second-order valence-electron chi connectivity index (χ2n) is 6.63. The van der Waals surface area contributed by atoms with Crippen LogP contribution in [0.2, 0.25) is 5.02 Å². The summed E-state index contributed by atoms with van der Waals surface area (Å²) < 4.78 is 10.8. The van der Waals surface area contributed by atoms with Gasteiger partial charge in [0.05, 0.1) is 17.4 Å². The van der Waals surface area contributed by atoms with Gasteiger partial charge in [-0.05, 0) is 55.5 Å². The first kappa shape index (κ1) is 19.0. The number of halogens is 1. The molecule has 0 aliphatic carbocycles. The number of nitrogens with one attached hydrogen (secondary N) is 1. The molecule has 0 bridgehead atoms. The van der Waals surface area contributed by atoms with Crippen LogP contribution < -0.4 is 5.32 Å². The Bertz CT molecular complexity index is 1100. The van der Waals surface area contributed by atoms with Gasteiger partial charge in [0, 0.05) is 23.0 Å². The average Bonchev–Trinajstić information content (AvgIpc) is 3.40. The summed E-state index contributed by atoms with van der Waals surface area (Å²) in [6.07, 6.45) is 2.22. The average molecular weight is 408 g/mol. The number of benzene rings is 2. The number of hydrogen-bond donors (Lipinski definition) is 1. The maximum atomic E-state index is 12.8. The van der Waals surface area contributed by atoms with Crippen LogP contribution in [-0.4, -0.2) is 22.1 Å². The van der Waals surface area contributed by atoms with Crippen molar-refractivity contribution in [2.24, 2.45) is 0 Å². The zero-order valence-corrected chi connectivity index (χ0v) is 16.4. The molecule has 0 aliphatic rings. The Balaban J connectivity index is 1.55. The van der Waals surface area contributed by atoms with E-state index in [2.05, 4.69) is 15.5 Å². The summed E-state index contributed by atoms with van der Waals surface area (Å²) in [6, 6.07) is 17.9. The minimum Gasteiger partial charge on any atom is -0.469 e. The fourth-order valence-corrected chi connectivity index (χ4v) is 3.13. The van der Waals surface area contributed by atoms with Crippen molar-refractivity contribution in [1.82, 2.24) is 15.5 Å². The summed E-state index contributed by atoms with van der Waals surface area (Å²) in [5.41, 5.74) is 1.81. The molecule has 2 aromatic carbocycles. The third-order valence-electron chi connectivity index (χ3n) is 4.40. The van der Waals surface area contributed by atoms with Gasteiger partial charge in [-0.3, -0.25) is 4.79 Å². The number of hydrogen-bond acceptors (Lipinski definition) is 5. The van der Waals surface area contributed by atoms with Crippen molar-refractivity contribution in [2.75, 3.05) is 0 Å². The van der Waals surface area contributed by atoms with Crippen molar-refractivity contribution in [3.05, 3.63) is 83.3 Å². The second-order valence-corrected chi connectivity index (χ2v) is 7.07. The molecule has 0 spiro atoms. The van der Waals surface area contributed by atoms with Crippen LogP contribution in [0, 0.1) is 0 Å². The smallest absolute Gasteiger partial charge is 0.259 e. The Morgan fingerprint density at radius 1 is 1.10 bits per heavy atom. The van der Waals surface area contributed by atoms with E-state index in [9.17, 15) is 4.79 Å². The minimum atomic E-state index is -0.217. The number of aromatic nitrogens is 2. The molecule has 7 heteroatoms. The summed E-state index contributed by atoms with van der Waals surface area (Å²) in [7, 11) is 0. The molecule has 1 unspecified atom stereocenters. The Morgan fingerprint density at radius 3 is 2.66 bits per heavy atom. The lowest BCUT2D eigenvalue weighted by atomic mass is 10.1. The highest BCUT2D eigenvalue weighted by atomic mass is 35.5. The zero-order chi connectivity index (χ0) is 20.2. The van der Waals surface area contributed by atoms with E-state index in [1.54, 1.807) is 36.6 Å². The molecule has 1 N–H and O–H groups in total. The highest BCUT2D eigenvalue weighted by molar-refractivity contribution is 6.30. The van der Waals surface area contributed by atoms with E-state index >= 15 is 0 Å². The first-order chi connectivity index (χ1) is 14.1. The molecule has 2 aromatic heterocycles. The van der Waals surface area contributed by atoms with Gasteiger partial charge in [0.1, 0.15) is 5.76 Å². The molecule has 4 rings (SSSR count). The van der Waals surface area contributed by atoms with Gasteiger partial charge in [0.2, 0.25) is 5.82 Å². The van der Waals surface area contributed by atoms with E-state index in [4.69, 9.17) is 20.5 Å². The van der Waals surface area contributed by atoms with Crippen molar-refractivity contribution in [3.8, 4) is 22.8 Å². The van der Waals surface area contributed by atoms with Crippen LogP contribution >= 0.6 is 11.6 Å². The topological polar surface area (TPSA) is 81.2 Å². The minimum absolute atomic E-state index is 0.103. The van der Waals surface area contributed by atoms with E-state index < -0.39 is 0 Å². The zero-order valence-electron chi connectivity index (χ0n) is 15.6. The van der Waals surface area contributed by atoms with Gasteiger partial charge in [-0.2, -0.15) is 4.98 Å². The highest BCUT2D eigenvalue weighted by Crippen LogP contribution is 2.26. The largest absolute Gasteiger partial charge is 0.469 e. The molecule has 29 heavy (non-hydrogen) atoms. The molecular weight excluding hydrogens is 390 g/mol. The number of carbonyl (C=O) groups excluding carboxylic acids is 1. The summed E-state index contributed by atoms with van der Waals surface area (Å²) in [5, 5.41) is 7.64. The predicted molar refractivity (Wildman–Crippen MR) is 110 cm³/mol. The lowest BCUT2D eigenvalue weighted by Gasteiger charge is -2.13. The van der Waals surface area contributed by atoms with Crippen molar-refractivity contribution in [1.29, 1.82) is 0 Å².